The summed E-state index contributed by atoms with van der Waals surface area (Å²) in [6.07, 6.45) is 0. The Bertz CT molecular complexity index is 1270. The topological polar surface area (TPSA) is 59.6 Å². The SMILES string of the molecule is Cc1ccc2nc(-c3ccc(-c4nc5c(C)cccc5[nH]4)o3)n(C)c2c1. The van der Waals surface area contributed by atoms with E-state index in [0.29, 0.717) is 5.76 Å². The third-order valence-electron chi connectivity index (χ3n) is 4.81. The average Bonchev–Trinajstić information content (AvgIpc) is 3.33. The van der Waals surface area contributed by atoms with E-state index < -0.39 is 0 Å². The summed E-state index contributed by atoms with van der Waals surface area (Å²) in [5.74, 6) is 2.98. The maximum absolute atomic E-state index is 6.09. The highest BCUT2D eigenvalue weighted by Gasteiger charge is 2.16. The predicted octanol–water partition coefficient (Wildman–Crippen LogP) is 4.99. The van der Waals surface area contributed by atoms with Crippen LogP contribution in [0.15, 0.2) is 52.9 Å². The van der Waals surface area contributed by atoms with Gasteiger partial charge in [-0.2, -0.15) is 0 Å². The van der Waals surface area contributed by atoms with Crippen molar-refractivity contribution in [2.24, 2.45) is 7.05 Å². The quantitative estimate of drug-likeness (QED) is 0.491. The van der Waals surface area contributed by atoms with Crippen molar-refractivity contribution in [1.82, 2.24) is 19.5 Å². The molecule has 0 bridgehead atoms. The molecule has 0 unspecified atom stereocenters. The Morgan fingerprint density at radius 2 is 1.81 bits per heavy atom. The van der Waals surface area contributed by atoms with E-state index in [1.54, 1.807) is 0 Å². The lowest BCUT2D eigenvalue weighted by Crippen LogP contribution is -1.91. The molecule has 0 aliphatic carbocycles. The molecule has 0 aliphatic heterocycles. The standard InChI is InChI=1S/C21H18N4O/c1-12-7-8-14-16(11-12)25(3)21(23-14)18-10-9-17(26-18)20-22-15-6-4-5-13(2)19(15)24-20/h4-11H,1-3H3,(H,22,24). The molecule has 3 heterocycles. The zero-order valence-corrected chi connectivity index (χ0v) is 14.9. The van der Waals surface area contributed by atoms with Crippen LogP contribution in [0.2, 0.25) is 0 Å². The van der Waals surface area contributed by atoms with Gasteiger partial charge in [-0.1, -0.05) is 18.2 Å². The Morgan fingerprint density at radius 3 is 2.65 bits per heavy atom. The first-order valence-electron chi connectivity index (χ1n) is 8.59. The summed E-state index contributed by atoms with van der Waals surface area (Å²) < 4.78 is 8.15. The number of H-pyrrole nitrogens is 1. The van der Waals surface area contributed by atoms with Crippen molar-refractivity contribution in [2.45, 2.75) is 13.8 Å². The Balaban J connectivity index is 1.61. The third kappa shape index (κ3) is 2.17. The van der Waals surface area contributed by atoms with Gasteiger partial charge in [0.1, 0.15) is 0 Å². The molecular weight excluding hydrogens is 324 g/mol. The van der Waals surface area contributed by atoms with Crippen LogP contribution in [0.3, 0.4) is 0 Å². The summed E-state index contributed by atoms with van der Waals surface area (Å²) in [5, 5.41) is 0. The summed E-state index contributed by atoms with van der Waals surface area (Å²) in [6, 6.07) is 16.2. The number of imidazole rings is 2. The van der Waals surface area contributed by atoms with Crippen LogP contribution in [0, 0.1) is 13.8 Å². The molecule has 0 saturated heterocycles. The maximum atomic E-state index is 6.09. The lowest BCUT2D eigenvalue weighted by atomic mass is 10.2. The minimum absolute atomic E-state index is 0.707. The highest BCUT2D eigenvalue weighted by Crippen LogP contribution is 2.30. The molecule has 2 aromatic carbocycles. The van der Waals surface area contributed by atoms with Gasteiger partial charge in [0.25, 0.3) is 0 Å². The summed E-state index contributed by atoms with van der Waals surface area (Å²) in [6.45, 7) is 4.14. The Kier molecular flexibility index (Phi) is 3.06. The molecular formula is C21H18N4O. The van der Waals surface area contributed by atoms with E-state index in [1.165, 1.54) is 5.56 Å². The molecule has 5 aromatic rings. The lowest BCUT2D eigenvalue weighted by molar-refractivity contribution is 0.585. The van der Waals surface area contributed by atoms with E-state index in [2.05, 4.69) is 46.6 Å². The normalized spacial score (nSPS) is 11.7. The highest BCUT2D eigenvalue weighted by atomic mass is 16.3. The monoisotopic (exact) mass is 342 g/mol. The second-order valence-electron chi connectivity index (χ2n) is 6.71. The molecule has 3 aromatic heterocycles. The first-order valence-corrected chi connectivity index (χ1v) is 8.59. The van der Waals surface area contributed by atoms with Gasteiger partial charge in [-0.3, -0.25) is 0 Å². The van der Waals surface area contributed by atoms with E-state index in [4.69, 9.17) is 9.40 Å². The minimum atomic E-state index is 0.707. The van der Waals surface area contributed by atoms with E-state index in [1.807, 2.05) is 37.4 Å². The summed E-state index contributed by atoms with van der Waals surface area (Å²) in [7, 11) is 2.01. The molecule has 0 saturated carbocycles. The zero-order chi connectivity index (χ0) is 17.8. The molecule has 1 N–H and O–H groups in total. The molecule has 0 spiro atoms. The van der Waals surface area contributed by atoms with Gasteiger partial charge in [0, 0.05) is 7.05 Å². The van der Waals surface area contributed by atoms with Gasteiger partial charge in [0.05, 0.1) is 22.1 Å². The summed E-state index contributed by atoms with van der Waals surface area (Å²) >= 11 is 0. The summed E-state index contributed by atoms with van der Waals surface area (Å²) in [4.78, 5) is 12.7. The lowest BCUT2D eigenvalue weighted by Gasteiger charge is -1.99. The van der Waals surface area contributed by atoms with Crippen molar-refractivity contribution in [3.8, 4) is 23.2 Å². The van der Waals surface area contributed by atoms with Crippen LogP contribution in [0.4, 0.5) is 0 Å². The molecule has 5 heteroatoms. The molecule has 26 heavy (non-hydrogen) atoms. The molecule has 0 amide bonds. The average molecular weight is 342 g/mol. The van der Waals surface area contributed by atoms with Crippen LogP contribution in [0.1, 0.15) is 11.1 Å². The van der Waals surface area contributed by atoms with Gasteiger partial charge in [0.2, 0.25) is 0 Å². The zero-order valence-electron chi connectivity index (χ0n) is 14.9. The largest absolute Gasteiger partial charge is 0.450 e. The summed E-state index contributed by atoms with van der Waals surface area (Å²) in [5.41, 5.74) is 6.39. The van der Waals surface area contributed by atoms with E-state index >= 15 is 0 Å². The molecule has 0 radical (unpaired) electrons. The van der Waals surface area contributed by atoms with Crippen LogP contribution < -0.4 is 0 Å². The second-order valence-corrected chi connectivity index (χ2v) is 6.71. The number of rotatable bonds is 2. The first kappa shape index (κ1) is 15.0. The van der Waals surface area contributed by atoms with Gasteiger partial charge >= 0.3 is 0 Å². The van der Waals surface area contributed by atoms with Crippen molar-refractivity contribution in [2.75, 3.05) is 0 Å². The second kappa shape index (κ2) is 5.33. The van der Waals surface area contributed by atoms with Crippen molar-refractivity contribution in [3.63, 3.8) is 0 Å². The van der Waals surface area contributed by atoms with Crippen molar-refractivity contribution in [1.29, 1.82) is 0 Å². The number of para-hydroxylation sites is 1. The van der Waals surface area contributed by atoms with Gasteiger partial charge in [-0.25, -0.2) is 9.97 Å². The number of furan rings is 1. The Hall–Kier alpha value is -3.34. The number of nitrogens with one attached hydrogen (secondary N) is 1. The van der Waals surface area contributed by atoms with Crippen LogP contribution in [-0.4, -0.2) is 19.5 Å². The predicted molar refractivity (Wildman–Crippen MR) is 103 cm³/mol. The number of fused-ring (bicyclic) bond motifs is 2. The smallest absolute Gasteiger partial charge is 0.177 e. The maximum Gasteiger partial charge on any atom is 0.177 e. The van der Waals surface area contributed by atoms with Gasteiger partial charge in [0.15, 0.2) is 23.2 Å². The number of benzene rings is 2. The molecule has 5 nitrogen and oxygen atoms in total. The van der Waals surface area contributed by atoms with Crippen LogP contribution in [0.5, 0.6) is 0 Å². The van der Waals surface area contributed by atoms with E-state index in [-0.39, 0.29) is 0 Å². The number of aromatic nitrogens is 4. The number of aromatic amines is 1. The van der Waals surface area contributed by atoms with Crippen molar-refractivity contribution < 1.29 is 4.42 Å². The molecule has 0 atom stereocenters. The molecule has 5 rings (SSSR count). The van der Waals surface area contributed by atoms with Gasteiger partial charge in [-0.05, 0) is 55.3 Å². The minimum Gasteiger partial charge on any atom is -0.450 e. The molecule has 0 fully saturated rings. The Labute approximate surface area is 150 Å². The van der Waals surface area contributed by atoms with Gasteiger partial charge < -0.3 is 14.0 Å². The number of hydrogen-bond acceptors (Lipinski definition) is 3. The fourth-order valence-electron chi connectivity index (χ4n) is 3.40. The molecule has 0 aliphatic rings. The van der Waals surface area contributed by atoms with Crippen LogP contribution in [0.25, 0.3) is 45.2 Å². The highest BCUT2D eigenvalue weighted by molar-refractivity contribution is 5.82. The molecule has 128 valence electrons. The third-order valence-corrected chi connectivity index (χ3v) is 4.81. The number of nitrogens with zero attached hydrogens (tertiary/aromatic N) is 3. The number of hydrogen-bond donors (Lipinski definition) is 1. The van der Waals surface area contributed by atoms with E-state index in [9.17, 15) is 0 Å². The fourth-order valence-corrected chi connectivity index (χ4v) is 3.40. The van der Waals surface area contributed by atoms with Crippen LogP contribution in [-0.2, 0) is 7.05 Å². The Morgan fingerprint density at radius 1 is 0.962 bits per heavy atom. The van der Waals surface area contributed by atoms with Gasteiger partial charge in [-0.15, -0.1) is 0 Å². The first-order chi connectivity index (χ1) is 12.6. The van der Waals surface area contributed by atoms with E-state index in [0.717, 1.165) is 45.0 Å². The fraction of sp³-hybridized carbons (Fsp3) is 0.143. The van der Waals surface area contributed by atoms with Crippen LogP contribution >= 0.6 is 0 Å². The van der Waals surface area contributed by atoms with Crippen molar-refractivity contribution >= 4 is 22.1 Å². The van der Waals surface area contributed by atoms with Crippen molar-refractivity contribution in [3.05, 3.63) is 59.7 Å². The number of aryl methyl sites for hydroxylation is 3.